The first-order valence-corrected chi connectivity index (χ1v) is 9.19. The molecule has 29 heavy (non-hydrogen) atoms. The summed E-state index contributed by atoms with van der Waals surface area (Å²) in [5.74, 6) is -0.940. The Hall–Kier alpha value is -3.49. The van der Waals surface area contributed by atoms with Gasteiger partial charge in [-0.3, -0.25) is 9.89 Å². The number of imidazole rings is 1. The number of aromatic amines is 1. The van der Waals surface area contributed by atoms with Crippen LogP contribution in [0.3, 0.4) is 0 Å². The van der Waals surface area contributed by atoms with E-state index in [1.54, 1.807) is 41.9 Å². The van der Waals surface area contributed by atoms with Gasteiger partial charge in [0, 0.05) is 25.7 Å². The second kappa shape index (κ2) is 6.26. The molecule has 4 aromatic rings. The van der Waals surface area contributed by atoms with Crippen molar-refractivity contribution < 1.29 is 13.6 Å². The molecular formula is C20H18F2N6O. The fourth-order valence-electron chi connectivity index (χ4n) is 3.60. The maximum atomic E-state index is 14.8. The van der Waals surface area contributed by atoms with Gasteiger partial charge in [0.05, 0.1) is 29.5 Å². The molecule has 0 unspecified atom stereocenters. The van der Waals surface area contributed by atoms with E-state index in [2.05, 4.69) is 20.5 Å². The van der Waals surface area contributed by atoms with Crippen LogP contribution in [0.1, 0.15) is 6.42 Å². The third-order valence-corrected chi connectivity index (χ3v) is 5.17. The number of hydrogen-bond acceptors (Lipinski definition) is 4. The van der Waals surface area contributed by atoms with Crippen LogP contribution in [0.15, 0.2) is 36.8 Å². The van der Waals surface area contributed by atoms with E-state index in [0.717, 1.165) is 10.9 Å². The summed E-state index contributed by atoms with van der Waals surface area (Å²) < 4.78 is 29.6. The lowest BCUT2D eigenvalue weighted by Gasteiger charge is -2.16. The molecule has 2 atom stereocenters. The van der Waals surface area contributed by atoms with E-state index in [9.17, 15) is 13.6 Å². The number of pyridine rings is 1. The molecule has 0 aliphatic heterocycles. The van der Waals surface area contributed by atoms with Crippen molar-refractivity contribution in [3.63, 3.8) is 0 Å². The molecule has 1 aliphatic rings. The number of rotatable bonds is 4. The molecule has 5 rings (SSSR count). The molecule has 3 heterocycles. The highest BCUT2D eigenvalue weighted by molar-refractivity contribution is 6.01. The Morgan fingerprint density at radius 3 is 2.86 bits per heavy atom. The molecule has 0 radical (unpaired) electrons. The van der Waals surface area contributed by atoms with Gasteiger partial charge >= 0.3 is 0 Å². The van der Waals surface area contributed by atoms with Gasteiger partial charge in [-0.25, -0.2) is 13.8 Å². The van der Waals surface area contributed by atoms with Crippen LogP contribution in [0.2, 0.25) is 0 Å². The zero-order chi connectivity index (χ0) is 20.3. The van der Waals surface area contributed by atoms with E-state index in [-0.39, 0.29) is 18.1 Å². The fraction of sp³-hybridized carbons (Fsp3) is 0.250. The molecule has 0 saturated heterocycles. The molecule has 9 heteroatoms. The highest BCUT2D eigenvalue weighted by Crippen LogP contribution is 2.36. The van der Waals surface area contributed by atoms with Crippen molar-refractivity contribution in [3.8, 4) is 11.1 Å². The first-order chi connectivity index (χ1) is 13.9. The third kappa shape index (κ3) is 2.89. The van der Waals surface area contributed by atoms with E-state index in [4.69, 9.17) is 0 Å². The molecule has 148 valence electrons. The van der Waals surface area contributed by atoms with Gasteiger partial charge in [-0.05, 0) is 35.7 Å². The summed E-state index contributed by atoms with van der Waals surface area (Å²) in [4.78, 5) is 18.0. The van der Waals surface area contributed by atoms with Crippen molar-refractivity contribution in [3.05, 3.63) is 42.6 Å². The number of carbonyl (C=O) groups excluding carboxylic acids is 1. The van der Waals surface area contributed by atoms with Crippen LogP contribution in [0.5, 0.6) is 0 Å². The van der Waals surface area contributed by atoms with Crippen LogP contribution < -0.4 is 10.2 Å². The monoisotopic (exact) mass is 396 g/mol. The number of benzene rings is 1. The van der Waals surface area contributed by atoms with Crippen LogP contribution in [0.4, 0.5) is 20.3 Å². The Morgan fingerprint density at radius 1 is 1.34 bits per heavy atom. The molecule has 1 aromatic carbocycles. The maximum Gasteiger partial charge on any atom is 0.231 e. The quantitative estimate of drug-likeness (QED) is 0.554. The summed E-state index contributed by atoms with van der Waals surface area (Å²) >= 11 is 0. The van der Waals surface area contributed by atoms with Crippen LogP contribution in [-0.2, 0) is 4.79 Å². The molecule has 0 bridgehead atoms. The number of carbonyl (C=O) groups is 1. The predicted molar refractivity (Wildman–Crippen MR) is 106 cm³/mol. The lowest BCUT2D eigenvalue weighted by atomic mass is 10.0. The minimum atomic E-state index is -1.06. The van der Waals surface area contributed by atoms with Crippen molar-refractivity contribution in [2.75, 3.05) is 24.3 Å². The molecule has 1 aliphatic carbocycles. The third-order valence-electron chi connectivity index (χ3n) is 5.17. The number of nitrogens with one attached hydrogen (secondary N) is 2. The number of H-pyrrole nitrogens is 1. The van der Waals surface area contributed by atoms with Gasteiger partial charge < -0.3 is 14.6 Å². The SMILES string of the molecule is CN(C)c1c(F)cc(-c2ccc3nc(NC(=O)[C@@H]4C[C@@H]4F)cn3c2)c2cn[nH]c12. The number of nitrogens with zero attached hydrogens (tertiary/aromatic N) is 4. The highest BCUT2D eigenvalue weighted by atomic mass is 19.1. The zero-order valence-electron chi connectivity index (χ0n) is 15.8. The predicted octanol–water partition coefficient (Wildman–Crippen LogP) is 3.38. The zero-order valence-corrected chi connectivity index (χ0v) is 15.8. The second-order valence-electron chi connectivity index (χ2n) is 7.46. The standard InChI is InChI=1S/C20H18F2N6O/c1-27(2)19-15(22)5-11(13-7-23-26-18(13)19)10-3-4-17-24-16(9-28(17)8-10)25-20(29)12-6-14(12)21/h3-5,7-9,12,14H,6H2,1-2H3,(H,23,26)(H,25,29)/t12-,14+/m1/s1. The number of halogens is 2. The Bertz CT molecular complexity index is 1260. The molecule has 3 aromatic heterocycles. The smallest absolute Gasteiger partial charge is 0.231 e. The lowest BCUT2D eigenvalue weighted by molar-refractivity contribution is -0.117. The van der Waals surface area contributed by atoms with Crippen molar-refractivity contribution in [1.82, 2.24) is 19.6 Å². The fourth-order valence-corrected chi connectivity index (χ4v) is 3.60. The van der Waals surface area contributed by atoms with E-state index in [1.807, 2.05) is 12.3 Å². The molecular weight excluding hydrogens is 378 g/mol. The van der Waals surface area contributed by atoms with Crippen molar-refractivity contribution in [1.29, 1.82) is 0 Å². The van der Waals surface area contributed by atoms with Crippen molar-refractivity contribution in [2.24, 2.45) is 5.92 Å². The van der Waals surface area contributed by atoms with Gasteiger partial charge in [0.25, 0.3) is 0 Å². The van der Waals surface area contributed by atoms with Gasteiger partial charge in [-0.2, -0.15) is 5.10 Å². The average molecular weight is 396 g/mol. The van der Waals surface area contributed by atoms with Gasteiger partial charge in [0.1, 0.15) is 17.6 Å². The Morgan fingerprint density at radius 2 is 2.14 bits per heavy atom. The Kier molecular flexibility index (Phi) is 3.80. The van der Waals surface area contributed by atoms with Gasteiger partial charge in [0.2, 0.25) is 5.91 Å². The number of amides is 1. The van der Waals surface area contributed by atoms with Gasteiger partial charge in [-0.1, -0.05) is 0 Å². The first-order valence-electron chi connectivity index (χ1n) is 9.19. The Labute approximate surface area is 164 Å². The summed E-state index contributed by atoms with van der Waals surface area (Å²) in [6.07, 6.45) is 4.34. The molecule has 1 saturated carbocycles. The van der Waals surface area contributed by atoms with E-state index >= 15 is 0 Å². The average Bonchev–Trinajstić information content (AvgIpc) is 3.05. The topological polar surface area (TPSA) is 78.3 Å². The minimum absolute atomic E-state index is 0.262. The molecule has 0 spiro atoms. The summed E-state index contributed by atoms with van der Waals surface area (Å²) in [7, 11) is 3.55. The summed E-state index contributed by atoms with van der Waals surface area (Å²) in [6, 6.07) is 5.11. The normalized spacial score (nSPS) is 18.3. The van der Waals surface area contributed by atoms with E-state index in [0.29, 0.717) is 28.2 Å². The largest absolute Gasteiger partial charge is 0.374 e. The summed E-state index contributed by atoms with van der Waals surface area (Å²) in [5.41, 5.74) is 3.14. The summed E-state index contributed by atoms with van der Waals surface area (Å²) in [6.45, 7) is 0. The van der Waals surface area contributed by atoms with Crippen molar-refractivity contribution in [2.45, 2.75) is 12.6 Å². The van der Waals surface area contributed by atoms with E-state index in [1.165, 1.54) is 6.07 Å². The number of anilines is 2. The number of fused-ring (bicyclic) bond motifs is 2. The Balaban J connectivity index is 1.55. The first kappa shape index (κ1) is 17.6. The number of aromatic nitrogens is 4. The minimum Gasteiger partial charge on any atom is -0.374 e. The maximum absolute atomic E-state index is 14.8. The molecule has 2 N–H and O–H groups in total. The molecule has 1 fully saturated rings. The lowest BCUT2D eigenvalue weighted by Crippen LogP contribution is -2.15. The highest BCUT2D eigenvalue weighted by Gasteiger charge is 2.43. The number of hydrogen-bond donors (Lipinski definition) is 2. The van der Waals surface area contributed by atoms with Crippen molar-refractivity contribution >= 4 is 34.0 Å². The second-order valence-corrected chi connectivity index (χ2v) is 7.46. The molecule has 1 amide bonds. The molecule has 7 nitrogen and oxygen atoms in total. The van der Waals surface area contributed by atoms with Crippen LogP contribution in [0.25, 0.3) is 27.7 Å². The van der Waals surface area contributed by atoms with Crippen LogP contribution in [-0.4, -0.2) is 45.8 Å². The van der Waals surface area contributed by atoms with Crippen LogP contribution in [0, 0.1) is 11.7 Å². The van der Waals surface area contributed by atoms with E-state index < -0.39 is 12.1 Å². The van der Waals surface area contributed by atoms with Crippen LogP contribution >= 0.6 is 0 Å². The summed E-state index contributed by atoms with van der Waals surface area (Å²) in [5, 5.41) is 10.4. The van der Waals surface area contributed by atoms with Gasteiger partial charge in [0.15, 0.2) is 5.82 Å². The van der Waals surface area contributed by atoms with Gasteiger partial charge in [-0.15, -0.1) is 0 Å². The number of alkyl halides is 1.